The highest BCUT2D eigenvalue weighted by Gasteiger charge is 2.00. The van der Waals surface area contributed by atoms with Crippen LogP contribution in [0.25, 0.3) is 0 Å². The molecule has 0 atom stereocenters. The van der Waals surface area contributed by atoms with Crippen molar-refractivity contribution >= 4 is 6.21 Å². The molecule has 0 aromatic carbocycles. The predicted octanol–water partition coefficient (Wildman–Crippen LogP) is 1.74. The zero-order valence-electron chi connectivity index (χ0n) is 7.46. The summed E-state index contributed by atoms with van der Waals surface area (Å²) in [5.74, 6) is 0.400. The lowest BCUT2D eigenvalue weighted by molar-refractivity contribution is 0.779. The largest absolute Gasteiger partial charge is 0.398 e. The van der Waals surface area contributed by atoms with Gasteiger partial charge in [0.25, 0.3) is 0 Å². The molecule has 0 radical (unpaired) electrons. The molecule has 11 heavy (non-hydrogen) atoms. The Morgan fingerprint density at radius 2 is 2.09 bits per heavy atom. The first-order chi connectivity index (χ1) is 5.09. The van der Waals surface area contributed by atoms with Gasteiger partial charge in [0.2, 0.25) is 0 Å². The molecule has 0 aliphatic heterocycles. The van der Waals surface area contributed by atoms with E-state index in [0.29, 0.717) is 11.6 Å². The van der Waals surface area contributed by atoms with Gasteiger partial charge in [0.15, 0.2) is 0 Å². The summed E-state index contributed by atoms with van der Waals surface area (Å²) in [7, 11) is 1.71. The van der Waals surface area contributed by atoms with Gasteiger partial charge < -0.3 is 5.73 Å². The van der Waals surface area contributed by atoms with Crippen molar-refractivity contribution in [3.05, 3.63) is 23.9 Å². The van der Waals surface area contributed by atoms with Crippen LogP contribution < -0.4 is 5.73 Å². The van der Waals surface area contributed by atoms with Gasteiger partial charge in [-0.2, -0.15) is 0 Å². The Morgan fingerprint density at radius 3 is 2.45 bits per heavy atom. The lowest BCUT2D eigenvalue weighted by atomic mass is 10.0. The Morgan fingerprint density at radius 1 is 1.55 bits per heavy atom. The van der Waals surface area contributed by atoms with Gasteiger partial charge in [0, 0.05) is 19.0 Å². The zero-order chi connectivity index (χ0) is 8.85. The van der Waals surface area contributed by atoms with Crippen molar-refractivity contribution in [1.82, 2.24) is 0 Å². The zero-order valence-corrected chi connectivity index (χ0v) is 7.46. The lowest BCUT2D eigenvalue weighted by Gasteiger charge is -2.07. The number of hydrogen-bond acceptors (Lipinski definition) is 2. The third-order valence-corrected chi connectivity index (χ3v) is 1.47. The van der Waals surface area contributed by atoms with E-state index >= 15 is 0 Å². The molecule has 0 saturated carbocycles. The smallest absolute Gasteiger partial charge is 0.0358 e. The van der Waals surface area contributed by atoms with Crippen LogP contribution in [0.3, 0.4) is 0 Å². The van der Waals surface area contributed by atoms with Crippen LogP contribution in [-0.2, 0) is 0 Å². The van der Waals surface area contributed by atoms with E-state index < -0.39 is 0 Å². The average molecular weight is 152 g/mol. The molecule has 0 fully saturated rings. The monoisotopic (exact) mass is 152 g/mol. The Kier molecular flexibility index (Phi) is 4.27. The van der Waals surface area contributed by atoms with Gasteiger partial charge in [-0.15, -0.1) is 0 Å². The van der Waals surface area contributed by atoms with Gasteiger partial charge in [0.05, 0.1) is 0 Å². The fourth-order valence-electron chi connectivity index (χ4n) is 0.595. The van der Waals surface area contributed by atoms with Crippen molar-refractivity contribution in [1.29, 1.82) is 0 Å². The van der Waals surface area contributed by atoms with Gasteiger partial charge in [0.1, 0.15) is 0 Å². The highest BCUT2D eigenvalue weighted by atomic mass is 14.6. The molecule has 2 heteroatoms. The highest BCUT2D eigenvalue weighted by molar-refractivity contribution is 5.73. The Balaban J connectivity index is 4.24. The number of allylic oxidation sites excluding steroid dienone is 2. The van der Waals surface area contributed by atoms with Gasteiger partial charge in [-0.3, -0.25) is 4.99 Å². The van der Waals surface area contributed by atoms with Crippen LogP contribution in [0.5, 0.6) is 0 Å². The highest BCUT2D eigenvalue weighted by Crippen LogP contribution is 2.11. The van der Waals surface area contributed by atoms with Crippen molar-refractivity contribution in [3.8, 4) is 0 Å². The van der Waals surface area contributed by atoms with Crippen molar-refractivity contribution < 1.29 is 0 Å². The molecule has 62 valence electrons. The number of nitrogens with zero attached hydrogens (tertiary/aromatic N) is 1. The van der Waals surface area contributed by atoms with Gasteiger partial charge >= 0.3 is 0 Å². The minimum Gasteiger partial charge on any atom is -0.398 e. The second kappa shape index (κ2) is 4.72. The Labute approximate surface area is 68.5 Å². The molecule has 0 heterocycles. The minimum absolute atomic E-state index is 0.400. The quantitative estimate of drug-likeness (QED) is 0.485. The molecule has 0 aliphatic rings. The lowest BCUT2D eigenvalue weighted by Crippen LogP contribution is -2.05. The Bertz CT molecular complexity index is 188. The first-order valence-electron chi connectivity index (χ1n) is 3.66. The van der Waals surface area contributed by atoms with E-state index in [1.807, 2.05) is 0 Å². The maximum atomic E-state index is 5.67. The average Bonchev–Trinajstić information content (AvgIpc) is 1.98. The van der Waals surface area contributed by atoms with Crippen LogP contribution in [0.1, 0.15) is 13.8 Å². The standard InChI is InChI=1S/C9H16N2/c1-7(2)8(3)9(10)5-6-11-4/h5-7H,3,10H2,1-2,4H3. The third kappa shape index (κ3) is 3.61. The van der Waals surface area contributed by atoms with Crippen LogP contribution in [0.15, 0.2) is 28.9 Å². The van der Waals surface area contributed by atoms with Crippen molar-refractivity contribution in [2.24, 2.45) is 16.6 Å². The summed E-state index contributed by atoms with van der Waals surface area (Å²) in [6.07, 6.45) is 3.44. The fraction of sp³-hybridized carbons (Fsp3) is 0.444. The van der Waals surface area contributed by atoms with Gasteiger partial charge in [-0.25, -0.2) is 0 Å². The van der Waals surface area contributed by atoms with E-state index in [1.165, 1.54) is 0 Å². The first-order valence-corrected chi connectivity index (χ1v) is 3.66. The normalized spacial score (nSPS) is 12.9. The van der Waals surface area contributed by atoms with E-state index in [2.05, 4.69) is 25.4 Å². The number of hydrogen-bond donors (Lipinski definition) is 1. The molecule has 0 aromatic rings. The summed E-state index contributed by atoms with van der Waals surface area (Å²) in [4.78, 5) is 3.79. The second-order valence-electron chi connectivity index (χ2n) is 2.71. The minimum atomic E-state index is 0.400. The Hall–Kier alpha value is -1.05. The number of aliphatic imine (C=N–C) groups is 1. The van der Waals surface area contributed by atoms with Crippen LogP contribution >= 0.6 is 0 Å². The summed E-state index contributed by atoms with van der Waals surface area (Å²) in [5.41, 5.74) is 7.35. The summed E-state index contributed by atoms with van der Waals surface area (Å²) in [6.45, 7) is 7.98. The molecule has 2 N–H and O–H groups in total. The second-order valence-corrected chi connectivity index (χ2v) is 2.71. The predicted molar refractivity (Wildman–Crippen MR) is 50.7 cm³/mol. The van der Waals surface area contributed by atoms with Crippen molar-refractivity contribution in [3.63, 3.8) is 0 Å². The molecule has 0 amide bonds. The summed E-state index contributed by atoms with van der Waals surface area (Å²) in [5, 5.41) is 0. The van der Waals surface area contributed by atoms with E-state index in [1.54, 1.807) is 19.3 Å². The third-order valence-electron chi connectivity index (χ3n) is 1.47. The molecule has 0 spiro atoms. The fourth-order valence-corrected chi connectivity index (χ4v) is 0.595. The van der Waals surface area contributed by atoms with Crippen LogP contribution in [0, 0.1) is 5.92 Å². The van der Waals surface area contributed by atoms with Crippen molar-refractivity contribution in [2.45, 2.75) is 13.8 Å². The maximum Gasteiger partial charge on any atom is 0.0358 e. The number of nitrogens with two attached hydrogens (primary N) is 1. The van der Waals surface area contributed by atoms with Crippen molar-refractivity contribution in [2.75, 3.05) is 7.05 Å². The maximum absolute atomic E-state index is 5.67. The SMILES string of the molecule is C=C(C(N)=CC=NC)C(C)C. The first kappa shape index (κ1) is 9.95. The molecule has 0 saturated heterocycles. The molecular weight excluding hydrogens is 136 g/mol. The van der Waals surface area contributed by atoms with E-state index in [0.717, 1.165) is 5.57 Å². The van der Waals surface area contributed by atoms with E-state index in [-0.39, 0.29) is 0 Å². The summed E-state index contributed by atoms with van der Waals surface area (Å²) < 4.78 is 0. The van der Waals surface area contributed by atoms with Gasteiger partial charge in [-0.1, -0.05) is 20.4 Å². The van der Waals surface area contributed by atoms with Gasteiger partial charge in [-0.05, 0) is 17.6 Å². The van der Waals surface area contributed by atoms with E-state index in [4.69, 9.17) is 5.73 Å². The summed E-state index contributed by atoms with van der Waals surface area (Å²) >= 11 is 0. The van der Waals surface area contributed by atoms with Crippen LogP contribution in [0.4, 0.5) is 0 Å². The van der Waals surface area contributed by atoms with E-state index in [9.17, 15) is 0 Å². The molecule has 2 nitrogen and oxygen atoms in total. The molecule has 0 unspecified atom stereocenters. The number of rotatable bonds is 3. The molecule has 0 rings (SSSR count). The van der Waals surface area contributed by atoms with Crippen LogP contribution in [-0.4, -0.2) is 13.3 Å². The van der Waals surface area contributed by atoms with Crippen LogP contribution in [0.2, 0.25) is 0 Å². The molecule has 0 aromatic heterocycles. The molecule has 0 aliphatic carbocycles. The molecule has 0 bridgehead atoms. The molecular formula is C9H16N2. The summed E-state index contributed by atoms with van der Waals surface area (Å²) in [6, 6.07) is 0. The topological polar surface area (TPSA) is 38.4 Å².